The van der Waals surface area contributed by atoms with Crippen LogP contribution in [-0.4, -0.2) is 34.5 Å². The van der Waals surface area contributed by atoms with E-state index in [0.29, 0.717) is 12.5 Å². The number of anilines is 2. The number of fused-ring (bicyclic) bond motifs is 1. The second-order valence-electron chi connectivity index (χ2n) is 8.56. The Bertz CT molecular complexity index is 1380. The van der Waals surface area contributed by atoms with Crippen LogP contribution >= 0.6 is 0 Å². The molecule has 1 aliphatic heterocycles. The number of hydrogen-bond donors (Lipinski definition) is 1. The van der Waals surface area contributed by atoms with Gasteiger partial charge in [-0.05, 0) is 59.9 Å². The number of aryl methyl sites for hydroxylation is 1. The number of ether oxygens (including phenoxy) is 2. The first-order chi connectivity index (χ1) is 17.6. The maximum Gasteiger partial charge on any atom is 0.258 e. The van der Waals surface area contributed by atoms with Gasteiger partial charge in [0.05, 0.1) is 7.11 Å². The summed E-state index contributed by atoms with van der Waals surface area (Å²) < 4.78 is 11.5. The van der Waals surface area contributed by atoms with E-state index in [0.717, 1.165) is 41.1 Å². The fourth-order valence-corrected chi connectivity index (χ4v) is 4.26. The molecule has 2 aromatic heterocycles. The SMILES string of the molecule is COc1ccc(COc2nc(N3CCc4ccccc43)ncc2C(=O)NCc2cccnc2)cc1C. The predicted molar refractivity (Wildman–Crippen MR) is 137 cm³/mol. The molecule has 0 fully saturated rings. The summed E-state index contributed by atoms with van der Waals surface area (Å²) in [7, 11) is 1.65. The molecule has 0 saturated carbocycles. The van der Waals surface area contributed by atoms with Crippen LogP contribution in [0.15, 0.2) is 73.2 Å². The molecule has 1 amide bonds. The summed E-state index contributed by atoms with van der Waals surface area (Å²) in [5.74, 6) is 1.24. The molecule has 0 spiro atoms. The Morgan fingerprint density at radius 2 is 1.97 bits per heavy atom. The van der Waals surface area contributed by atoms with Crippen LogP contribution in [0.25, 0.3) is 0 Å². The highest BCUT2D eigenvalue weighted by atomic mass is 16.5. The van der Waals surface area contributed by atoms with Gasteiger partial charge in [-0.2, -0.15) is 4.98 Å². The largest absolute Gasteiger partial charge is 0.496 e. The van der Waals surface area contributed by atoms with Crippen LogP contribution in [0.2, 0.25) is 0 Å². The zero-order valence-electron chi connectivity index (χ0n) is 20.3. The zero-order chi connectivity index (χ0) is 24.9. The van der Waals surface area contributed by atoms with Gasteiger partial charge in [0.25, 0.3) is 5.91 Å². The van der Waals surface area contributed by atoms with Gasteiger partial charge in [0.2, 0.25) is 11.8 Å². The molecule has 0 atom stereocenters. The molecule has 0 aliphatic carbocycles. The number of rotatable bonds is 8. The highest BCUT2D eigenvalue weighted by Crippen LogP contribution is 2.33. The summed E-state index contributed by atoms with van der Waals surface area (Å²) in [6.07, 6.45) is 5.86. The number of nitrogens with one attached hydrogen (secondary N) is 1. The molecule has 2 aromatic carbocycles. The first-order valence-corrected chi connectivity index (χ1v) is 11.8. The minimum atomic E-state index is -0.312. The summed E-state index contributed by atoms with van der Waals surface area (Å²) >= 11 is 0. The van der Waals surface area contributed by atoms with Crippen LogP contribution in [0.1, 0.15) is 32.6 Å². The van der Waals surface area contributed by atoms with Crippen molar-refractivity contribution < 1.29 is 14.3 Å². The number of carbonyl (C=O) groups is 1. The third-order valence-electron chi connectivity index (χ3n) is 6.12. The maximum absolute atomic E-state index is 13.1. The number of amides is 1. The van der Waals surface area contributed by atoms with Crippen LogP contribution < -0.4 is 19.7 Å². The number of methoxy groups -OCH3 is 1. The van der Waals surface area contributed by atoms with Crippen molar-refractivity contribution in [2.75, 3.05) is 18.6 Å². The van der Waals surface area contributed by atoms with Gasteiger partial charge < -0.3 is 19.7 Å². The van der Waals surface area contributed by atoms with Gasteiger partial charge in [-0.1, -0.05) is 30.3 Å². The molecule has 182 valence electrons. The topological polar surface area (TPSA) is 89.5 Å². The Hall–Kier alpha value is -4.46. The summed E-state index contributed by atoms with van der Waals surface area (Å²) in [5, 5.41) is 2.91. The summed E-state index contributed by atoms with van der Waals surface area (Å²) in [4.78, 5) is 28.5. The van der Waals surface area contributed by atoms with Gasteiger partial charge in [-0.3, -0.25) is 9.78 Å². The molecule has 0 unspecified atom stereocenters. The highest BCUT2D eigenvalue weighted by molar-refractivity contribution is 5.96. The second-order valence-corrected chi connectivity index (χ2v) is 8.56. The fourth-order valence-electron chi connectivity index (χ4n) is 4.26. The van der Waals surface area contributed by atoms with Gasteiger partial charge in [-0.15, -0.1) is 0 Å². The second kappa shape index (κ2) is 10.4. The number of hydrogen-bond acceptors (Lipinski definition) is 7. The minimum absolute atomic E-state index is 0.238. The van der Waals surface area contributed by atoms with Crippen LogP contribution in [0, 0.1) is 6.92 Å². The molecule has 1 N–H and O–H groups in total. The standard InChI is InChI=1S/C28H27N5O3/c1-19-14-20(9-10-25(19)35-2)18-36-27-23(26(34)30-16-21-6-5-12-29-15-21)17-31-28(32-27)33-13-11-22-7-3-4-8-24(22)33/h3-10,12,14-15,17H,11,13,16,18H2,1-2H3,(H,30,34). The first-order valence-electron chi connectivity index (χ1n) is 11.8. The first kappa shape index (κ1) is 23.3. The van der Waals surface area contributed by atoms with Crippen LogP contribution in [0.5, 0.6) is 11.6 Å². The smallest absolute Gasteiger partial charge is 0.258 e. The van der Waals surface area contributed by atoms with E-state index in [1.54, 1.807) is 19.5 Å². The van der Waals surface area contributed by atoms with Crippen LogP contribution in [0.4, 0.5) is 11.6 Å². The molecule has 0 bridgehead atoms. The van der Waals surface area contributed by atoms with E-state index < -0.39 is 0 Å². The molecule has 4 aromatic rings. The molecule has 0 radical (unpaired) electrons. The van der Waals surface area contributed by atoms with E-state index in [1.807, 2.05) is 49.4 Å². The summed E-state index contributed by atoms with van der Waals surface area (Å²) in [6.45, 7) is 3.34. The fraction of sp³-hybridized carbons (Fsp3) is 0.214. The van der Waals surface area contributed by atoms with Crippen molar-refractivity contribution >= 4 is 17.5 Å². The molecule has 8 heteroatoms. The lowest BCUT2D eigenvalue weighted by atomic mass is 10.1. The van der Waals surface area contributed by atoms with Crippen molar-refractivity contribution in [2.24, 2.45) is 0 Å². The van der Waals surface area contributed by atoms with E-state index in [4.69, 9.17) is 14.5 Å². The lowest BCUT2D eigenvalue weighted by Crippen LogP contribution is -2.25. The average molecular weight is 482 g/mol. The molecule has 1 aliphatic rings. The van der Waals surface area contributed by atoms with Gasteiger partial charge in [-0.25, -0.2) is 4.98 Å². The van der Waals surface area contributed by atoms with E-state index in [9.17, 15) is 4.79 Å². The Kier molecular flexibility index (Phi) is 6.75. The molecular formula is C28H27N5O3. The lowest BCUT2D eigenvalue weighted by Gasteiger charge is -2.19. The maximum atomic E-state index is 13.1. The van der Waals surface area contributed by atoms with Gasteiger partial charge in [0.15, 0.2) is 0 Å². The lowest BCUT2D eigenvalue weighted by molar-refractivity contribution is 0.0945. The van der Waals surface area contributed by atoms with Gasteiger partial charge in [0, 0.05) is 37.4 Å². The quantitative estimate of drug-likeness (QED) is 0.399. The Morgan fingerprint density at radius 1 is 1.08 bits per heavy atom. The van der Waals surface area contributed by atoms with E-state index in [-0.39, 0.29) is 24.0 Å². The molecule has 36 heavy (non-hydrogen) atoms. The van der Waals surface area contributed by atoms with Crippen molar-refractivity contribution in [1.82, 2.24) is 20.3 Å². The van der Waals surface area contributed by atoms with Crippen LogP contribution in [0.3, 0.4) is 0 Å². The monoisotopic (exact) mass is 481 g/mol. The number of nitrogens with zero attached hydrogens (tertiary/aromatic N) is 4. The Morgan fingerprint density at radius 3 is 2.78 bits per heavy atom. The number of benzene rings is 2. The minimum Gasteiger partial charge on any atom is -0.496 e. The molecule has 8 nitrogen and oxygen atoms in total. The summed E-state index contributed by atoms with van der Waals surface area (Å²) in [6, 6.07) is 17.8. The average Bonchev–Trinajstić information content (AvgIpc) is 3.35. The normalized spacial score (nSPS) is 12.2. The number of para-hydroxylation sites is 1. The van der Waals surface area contributed by atoms with Crippen molar-refractivity contribution in [3.8, 4) is 11.6 Å². The Balaban J connectivity index is 1.41. The molecular weight excluding hydrogens is 454 g/mol. The molecule has 5 rings (SSSR count). The van der Waals surface area contributed by atoms with Crippen molar-refractivity contribution in [3.05, 3.63) is 101 Å². The summed E-state index contributed by atoms with van der Waals surface area (Å²) in [5.41, 5.74) is 5.44. The van der Waals surface area contributed by atoms with E-state index in [2.05, 4.69) is 32.3 Å². The molecule has 0 saturated heterocycles. The predicted octanol–water partition coefficient (Wildman–Crippen LogP) is 4.39. The van der Waals surface area contributed by atoms with E-state index in [1.165, 1.54) is 11.8 Å². The van der Waals surface area contributed by atoms with Crippen molar-refractivity contribution in [1.29, 1.82) is 0 Å². The Labute approximate surface area is 210 Å². The number of aromatic nitrogens is 3. The third-order valence-corrected chi connectivity index (χ3v) is 6.12. The third kappa shape index (κ3) is 4.98. The highest BCUT2D eigenvalue weighted by Gasteiger charge is 2.24. The van der Waals surface area contributed by atoms with Crippen molar-refractivity contribution in [3.63, 3.8) is 0 Å². The van der Waals surface area contributed by atoms with Gasteiger partial charge in [0.1, 0.15) is 17.9 Å². The van der Waals surface area contributed by atoms with Crippen molar-refractivity contribution in [2.45, 2.75) is 26.5 Å². The zero-order valence-corrected chi connectivity index (χ0v) is 20.3. The van der Waals surface area contributed by atoms with Crippen LogP contribution in [-0.2, 0) is 19.6 Å². The number of carbonyl (C=O) groups excluding carboxylic acids is 1. The molecule has 3 heterocycles. The number of pyridine rings is 1. The van der Waals surface area contributed by atoms with E-state index >= 15 is 0 Å². The van der Waals surface area contributed by atoms with Gasteiger partial charge >= 0.3 is 0 Å².